The predicted octanol–water partition coefficient (Wildman–Crippen LogP) is 1.93. The second-order valence-corrected chi connectivity index (χ2v) is 7.43. The second kappa shape index (κ2) is 6.37. The van der Waals surface area contributed by atoms with Crippen LogP contribution in [0.25, 0.3) is 0 Å². The van der Waals surface area contributed by atoms with Gasteiger partial charge in [0.15, 0.2) is 0 Å². The second-order valence-electron chi connectivity index (χ2n) is 7.43. The fourth-order valence-electron chi connectivity index (χ4n) is 4.73. The van der Waals surface area contributed by atoms with E-state index in [1.165, 1.54) is 4.90 Å². The Bertz CT molecular complexity index is 1260. The Morgan fingerprint density at radius 3 is 2.55 bits per heavy atom. The zero-order valence-electron chi connectivity index (χ0n) is 16.9. The first-order valence-electron chi connectivity index (χ1n) is 9.59. The van der Waals surface area contributed by atoms with E-state index in [1.807, 2.05) is 0 Å². The van der Waals surface area contributed by atoms with Crippen molar-refractivity contribution in [3.63, 3.8) is 0 Å². The summed E-state index contributed by atoms with van der Waals surface area (Å²) < 4.78 is 10.6. The Labute approximate surface area is 178 Å². The van der Waals surface area contributed by atoms with Gasteiger partial charge >= 0.3 is 5.97 Å². The van der Waals surface area contributed by atoms with Gasteiger partial charge in [0, 0.05) is 24.0 Å². The highest BCUT2D eigenvalue weighted by Crippen LogP contribution is 2.55. The first-order chi connectivity index (χ1) is 15.0. The molecular weight excluding hydrogens is 396 g/mol. The highest BCUT2D eigenvalue weighted by Gasteiger charge is 2.63. The molecule has 1 spiro atoms. The Morgan fingerprint density at radius 1 is 1.16 bits per heavy atom. The minimum atomic E-state index is -1.63. The summed E-state index contributed by atoms with van der Waals surface area (Å²) >= 11 is 0. The number of esters is 1. The van der Waals surface area contributed by atoms with Gasteiger partial charge in [0.05, 0.1) is 24.0 Å². The summed E-state index contributed by atoms with van der Waals surface area (Å²) in [5, 5.41) is 10.2. The number of benzene rings is 2. The normalized spacial score (nSPS) is 22.0. The number of amides is 1. The molecule has 3 heterocycles. The van der Waals surface area contributed by atoms with Crippen LogP contribution in [-0.2, 0) is 19.7 Å². The zero-order chi connectivity index (χ0) is 21.9. The van der Waals surface area contributed by atoms with Crippen LogP contribution in [0.5, 0.6) is 5.75 Å². The number of rotatable bonds is 2. The number of hydrogen-bond donors (Lipinski definition) is 1. The van der Waals surface area contributed by atoms with Crippen molar-refractivity contribution < 1.29 is 19.1 Å². The van der Waals surface area contributed by atoms with E-state index in [-0.39, 0.29) is 23.6 Å². The lowest BCUT2D eigenvalue weighted by atomic mass is 9.67. The zero-order valence-corrected chi connectivity index (χ0v) is 16.9. The Balaban J connectivity index is 1.84. The number of carbonyl (C=O) groups excluding carboxylic acids is 2. The molecule has 0 radical (unpaired) electrons. The number of cyclic esters (lactones) is 1. The van der Waals surface area contributed by atoms with Crippen LogP contribution in [0.4, 0.5) is 11.4 Å². The minimum Gasteiger partial charge on any atom is -0.497 e. The summed E-state index contributed by atoms with van der Waals surface area (Å²) in [5.41, 5.74) is 7.29. The number of fused-ring (bicyclic) bond motifs is 3. The molecule has 0 saturated heterocycles. The molecule has 2 aromatic rings. The van der Waals surface area contributed by atoms with E-state index in [0.717, 1.165) is 0 Å². The van der Waals surface area contributed by atoms with Crippen molar-refractivity contribution in [2.45, 2.75) is 5.41 Å². The number of carbonyl (C=O) groups is 2. The molecule has 2 aromatic carbocycles. The van der Waals surface area contributed by atoms with E-state index in [2.05, 4.69) is 6.07 Å². The molecule has 2 N–H and O–H groups in total. The summed E-state index contributed by atoms with van der Waals surface area (Å²) in [6, 6.07) is 16.3. The highest BCUT2D eigenvalue weighted by molar-refractivity contribution is 6.19. The molecular formula is C23H18N4O4. The van der Waals surface area contributed by atoms with Gasteiger partial charge in [0.25, 0.3) is 0 Å². The van der Waals surface area contributed by atoms with Crippen molar-refractivity contribution in [1.82, 2.24) is 0 Å². The number of ether oxygens (including phenoxy) is 2. The van der Waals surface area contributed by atoms with Crippen LogP contribution in [0, 0.1) is 11.3 Å². The van der Waals surface area contributed by atoms with E-state index in [0.29, 0.717) is 28.4 Å². The SMILES string of the molecule is COc1ccc(N2C(N)=C(C#N)[C@@]3(C(=O)N(C)c4ccccc43)C3=C2COC3=O)cc1. The van der Waals surface area contributed by atoms with Crippen LogP contribution in [0.3, 0.4) is 0 Å². The molecule has 1 amide bonds. The Morgan fingerprint density at radius 2 is 1.87 bits per heavy atom. The minimum absolute atomic E-state index is 0.00252. The summed E-state index contributed by atoms with van der Waals surface area (Å²) in [6.07, 6.45) is 0. The number of nitrogens with zero attached hydrogens (tertiary/aromatic N) is 3. The van der Waals surface area contributed by atoms with Gasteiger partial charge in [-0.3, -0.25) is 9.69 Å². The van der Waals surface area contributed by atoms with Gasteiger partial charge in [-0.25, -0.2) is 4.79 Å². The van der Waals surface area contributed by atoms with Crippen molar-refractivity contribution in [3.8, 4) is 11.8 Å². The van der Waals surface area contributed by atoms with Crippen LogP contribution in [0.1, 0.15) is 5.56 Å². The standard InChI is InChI=1S/C23H18N4O4/c1-26-17-6-4-3-5-15(17)23(22(26)29)16(11-24)20(25)27(18-12-31-21(28)19(18)23)13-7-9-14(30-2)10-8-13/h3-10H,12,25H2,1-2H3/t23-/m1/s1. The number of nitriles is 1. The number of para-hydroxylation sites is 1. The third-order valence-electron chi connectivity index (χ3n) is 6.09. The van der Waals surface area contributed by atoms with Gasteiger partial charge in [-0.15, -0.1) is 0 Å². The van der Waals surface area contributed by atoms with Crippen molar-refractivity contribution in [3.05, 3.63) is 76.8 Å². The molecule has 3 aliphatic rings. The smallest absolute Gasteiger partial charge is 0.338 e. The van der Waals surface area contributed by atoms with E-state index in [4.69, 9.17) is 15.2 Å². The molecule has 31 heavy (non-hydrogen) atoms. The third kappa shape index (κ3) is 2.17. The molecule has 0 aromatic heterocycles. The maximum absolute atomic E-state index is 13.7. The van der Waals surface area contributed by atoms with E-state index < -0.39 is 17.3 Å². The van der Waals surface area contributed by atoms with Crippen LogP contribution in [0.15, 0.2) is 71.2 Å². The third-order valence-corrected chi connectivity index (χ3v) is 6.09. The summed E-state index contributed by atoms with van der Waals surface area (Å²) in [6.45, 7) is -0.0550. The lowest BCUT2D eigenvalue weighted by Crippen LogP contribution is -2.50. The van der Waals surface area contributed by atoms with Crippen molar-refractivity contribution in [1.29, 1.82) is 5.26 Å². The molecule has 0 bridgehead atoms. The van der Waals surface area contributed by atoms with E-state index >= 15 is 0 Å². The van der Waals surface area contributed by atoms with E-state index in [9.17, 15) is 14.9 Å². The average molecular weight is 414 g/mol. The monoisotopic (exact) mass is 414 g/mol. The number of nitrogens with two attached hydrogens (primary N) is 1. The van der Waals surface area contributed by atoms with Crippen LogP contribution in [0.2, 0.25) is 0 Å². The molecule has 154 valence electrons. The fraction of sp³-hybridized carbons (Fsp3) is 0.174. The maximum atomic E-state index is 13.7. The molecule has 3 aliphatic heterocycles. The molecule has 5 rings (SSSR count). The number of hydrogen-bond acceptors (Lipinski definition) is 7. The summed E-state index contributed by atoms with van der Waals surface area (Å²) in [4.78, 5) is 29.8. The van der Waals surface area contributed by atoms with Crippen LogP contribution >= 0.6 is 0 Å². The molecule has 0 fully saturated rings. The van der Waals surface area contributed by atoms with Gasteiger partial charge in [0.1, 0.15) is 29.7 Å². The molecule has 8 heteroatoms. The first kappa shape index (κ1) is 18.8. The van der Waals surface area contributed by atoms with Crippen LogP contribution in [-0.4, -0.2) is 32.6 Å². The lowest BCUT2D eigenvalue weighted by molar-refractivity contribution is -0.137. The number of likely N-dealkylation sites (N-methyl/N-ethyl adjacent to an activating group) is 1. The number of anilines is 2. The van der Waals surface area contributed by atoms with Gasteiger partial charge in [-0.1, -0.05) is 18.2 Å². The van der Waals surface area contributed by atoms with Gasteiger partial charge < -0.3 is 20.1 Å². The Kier molecular flexibility index (Phi) is 3.86. The van der Waals surface area contributed by atoms with Gasteiger partial charge in [0.2, 0.25) is 5.91 Å². The van der Waals surface area contributed by atoms with Crippen LogP contribution < -0.4 is 20.3 Å². The molecule has 1 atom stereocenters. The molecule has 0 saturated carbocycles. The predicted molar refractivity (Wildman–Crippen MR) is 112 cm³/mol. The molecule has 0 aliphatic carbocycles. The average Bonchev–Trinajstić information content (AvgIpc) is 3.27. The topological polar surface area (TPSA) is 109 Å². The quantitative estimate of drug-likeness (QED) is 0.748. The Hall–Kier alpha value is -4.25. The van der Waals surface area contributed by atoms with Crippen molar-refractivity contribution >= 4 is 23.3 Å². The summed E-state index contributed by atoms with van der Waals surface area (Å²) in [5.74, 6) is -0.306. The molecule has 8 nitrogen and oxygen atoms in total. The van der Waals surface area contributed by atoms with Crippen molar-refractivity contribution in [2.75, 3.05) is 30.6 Å². The summed E-state index contributed by atoms with van der Waals surface area (Å²) in [7, 11) is 3.18. The lowest BCUT2D eigenvalue weighted by Gasteiger charge is -2.38. The number of methoxy groups -OCH3 is 1. The molecule has 0 unspecified atom stereocenters. The van der Waals surface area contributed by atoms with Crippen molar-refractivity contribution in [2.24, 2.45) is 5.73 Å². The maximum Gasteiger partial charge on any atom is 0.338 e. The largest absolute Gasteiger partial charge is 0.497 e. The van der Waals surface area contributed by atoms with Gasteiger partial charge in [-0.05, 0) is 30.3 Å². The van der Waals surface area contributed by atoms with E-state index in [1.54, 1.807) is 67.6 Å². The first-order valence-corrected chi connectivity index (χ1v) is 9.59. The highest BCUT2D eigenvalue weighted by atomic mass is 16.5. The fourth-order valence-corrected chi connectivity index (χ4v) is 4.73. The van der Waals surface area contributed by atoms with Gasteiger partial charge in [-0.2, -0.15) is 5.26 Å².